The van der Waals surface area contributed by atoms with E-state index in [0.29, 0.717) is 25.7 Å². The Kier molecular flexibility index (Phi) is 13.9. The second-order valence-electron chi connectivity index (χ2n) is 16.7. The van der Waals surface area contributed by atoms with Crippen LogP contribution in [-0.2, 0) is 34.0 Å². The van der Waals surface area contributed by atoms with Gasteiger partial charge >= 0.3 is 0 Å². The quantitative estimate of drug-likeness (QED) is 0.145. The van der Waals surface area contributed by atoms with E-state index in [4.69, 9.17) is 0 Å². The van der Waals surface area contributed by atoms with Crippen LogP contribution in [0.25, 0.3) is 0 Å². The van der Waals surface area contributed by atoms with Gasteiger partial charge in [0.1, 0.15) is 18.1 Å². The number of carbonyl (C=O) groups excluding carboxylic acids is 5. The zero-order valence-corrected chi connectivity index (χ0v) is 33.0. The van der Waals surface area contributed by atoms with E-state index in [1.54, 1.807) is 18.2 Å². The molecule has 1 saturated heterocycles. The molecule has 1 aromatic rings. The lowest BCUT2D eigenvalue weighted by molar-refractivity contribution is -0.146. The van der Waals surface area contributed by atoms with Crippen molar-refractivity contribution in [2.75, 3.05) is 13.1 Å². The van der Waals surface area contributed by atoms with Crippen LogP contribution in [0.2, 0.25) is 0 Å². The average molecular weight is 754 g/mol. The van der Waals surface area contributed by atoms with Crippen molar-refractivity contribution in [3.05, 3.63) is 54.6 Å². The van der Waals surface area contributed by atoms with E-state index < -0.39 is 74.4 Å². The number of likely N-dealkylation sites (tertiary alicyclic amines) is 1. The van der Waals surface area contributed by atoms with Gasteiger partial charge in [0.05, 0.1) is 10.9 Å². The fourth-order valence-corrected chi connectivity index (χ4v) is 8.96. The van der Waals surface area contributed by atoms with Crippen LogP contribution in [0.1, 0.15) is 99.3 Å². The summed E-state index contributed by atoms with van der Waals surface area (Å²) >= 11 is 0. The van der Waals surface area contributed by atoms with Crippen LogP contribution in [0.15, 0.2) is 59.5 Å². The number of benzene rings is 1. The molecule has 53 heavy (non-hydrogen) atoms. The molecule has 3 aliphatic rings. The number of rotatable bonds is 16. The molecule has 4 N–H and O–H groups in total. The van der Waals surface area contributed by atoms with Crippen LogP contribution in [0.5, 0.6) is 0 Å². The summed E-state index contributed by atoms with van der Waals surface area (Å²) in [4.78, 5) is 70.9. The standard InChI is InChI=1S/C40H59N5O7S/c1-8-22-41-36(48)32(46)30(25-27-17-18-27)42-35(47)31-28(24-26(2)3)19-23-45(31)38(50)34(39(4,5)6)43-37(49)33(40(7)20-13-10-14-21-40)44-53(51,52)29-15-11-9-12-16-29/h8-9,11-12,15-16,24,27-28,30-31,33-34,44H,1,10,13-14,17-23,25H2,2-7H3,(H,41,48)(H,42,47)(H,43,49)/t28-,30?,31+,33-,34-/m1/s1. The predicted molar refractivity (Wildman–Crippen MR) is 204 cm³/mol. The molecular weight excluding hydrogens is 695 g/mol. The van der Waals surface area contributed by atoms with E-state index >= 15 is 0 Å². The van der Waals surface area contributed by atoms with Gasteiger partial charge in [0, 0.05) is 19.0 Å². The van der Waals surface area contributed by atoms with Gasteiger partial charge in [0.15, 0.2) is 0 Å². The van der Waals surface area contributed by atoms with Crippen LogP contribution in [0.4, 0.5) is 0 Å². The first-order chi connectivity index (χ1) is 24.9. The van der Waals surface area contributed by atoms with E-state index in [9.17, 15) is 32.4 Å². The summed E-state index contributed by atoms with van der Waals surface area (Å²) in [7, 11) is -4.10. The van der Waals surface area contributed by atoms with Crippen molar-refractivity contribution in [2.24, 2.45) is 22.7 Å². The molecule has 0 radical (unpaired) electrons. The third kappa shape index (κ3) is 10.9. The number of hydrogen-bond acceptors (Lipinski definition) is 7. The molecule has 292 valence electrons. The van der Waals surface area contributed by atoms with Crippen molar-refractivity contribution in [3.8, 4) is 0 Å². The van der Waals surface area contributed by atoms with Gasteiger partial charge in [0.25, 0.3) is 5.91 Å². The number of ketones is 1. The molecule has 12 nitrogen and oxygen atoms in total. The summed E-state index contributed by atoms with van der Waals surface area (Å²) in [5.41, 5.74) is -0.597. The fraction of sp³-hybridized carbons (Fsp3) is 0.625. The van der Waals surface area contributed by atoms with Crippen molar-refractivity contribution in [1.29, 1.82) is 0 Å². The predicted octanol–water partition coefficient (Wildman–Crippen LogP) is 4.17. The molecule has 1 aromatic carbocycles. The minimum atomic E-state index is -4.10. The van der Waals surface area contributed by atoms with Gasteiger partial charge in [0.2, 0.25) is 33.5 Å². The summed E-state index contributed by atoms with van der Waals surface area (Å²) < 4.78 is 30.0. The topological polar surface area (TPSA) is 171 Å². The minimum Gasteiger partial charge on any atom is -0.346 e. The van der Waals surface area contributed by atoms with E-state index in [0.717, 1.165) is 37.7 Å². The molecule has 1 heterocycles. The molecule has 4 rings (SSSR count). The zero-order chi connectivity index (χ0) is 39.1. The smallest absolute Gasteiger partial charge is 0.289 e. The van der Waals surface area contributed by atoms with Crippen molar-refractivity contribution < 1.29 is 32.4 Å². The summed E-state index contributed by atoms with van der Waals surface area (Å²) in [6.45, 7) is 15.1. The number of sulfonamides is 1. The number of Topliss-reactive ketones (excluding diaryl/α,β-unsaturated/α-hetero) is 1. The maximum Gasteiger partial charge on any atom is 0.289 e. The van der Waals surface area contributed by atoms with Gasteiger partial charge in [-0.1, -0.05) is 95.7 Å². The molecule has 0 spiro atoms. The second kappa shape index (κ2) is 17.5. The number of carbonyl (C=O) groups is 5. The number of hydrogen-bond donors (Lipinski definition) is 4. The first-order valence-corrected chi connectivity index (χ1v) is 20.4. The van der Waals surface area contributed by atoms with Crippen LogP contribution >= 0.6 is 0 Å². The molecule has 0 aromatic heterocycles. The van der Waals surface area contributed by atoms with E-state index in [2.05, 4.69) is 27.3 Å². The molecule has 1 unspecified atom stereocenters. The summed E-state index contributed by atoms with van der Waals surface area (Å²) in [5.74, 6) is -3.36. The molecule has 3 fully saturated rings. The van der Waals surface area contributed by atoms with Crippen LogP contribution < -0.4 is 20.7 Å². The molecule has 1 aliphatic heterocycles. The molecule has 5 atom stereocenters. The van der Waals surface area contributed by atoms with Crippen LogP contribution in [0, 0.1) is 22.7 Å². The Morgan fingerprint density at radius 2 is 1.62 bits per heavy atom. The highest BCUT2D eigenvalue weighted by Crippen LogP contribution is 2.40. The van der Waals surface area contributed by atoms with E-state index in [1.807, 2.05) is 47.6 Å². The van der Waals surface area contributed by atoms with E-state index in [1.165, 1.54) is 23.1 Å². The zero-order valence-electron chi connectivity index (χ0n) is 32.2. The molecular formula is C40H59N5O7S. The van der Waals surface area contributed by atoms with Crippen molar-refractivity contribution in [2.45, 2.75) is 128 Å². The lowest BCUT2D eigenvalue weighted by atomic mass is 9.70. The number of nitrogens with zero attached hydrogens (tertiary/aromatic N) is 1. The normalized spacial score (nSPS) is 21.7. The van der Waals surface area contributed by atoms with E-state index in [-0.39, 0.29) is 29.8 Å². The first kappa shape index (κ1) is 41.9. The molecule has 13 heteroatoms. The Bertz CT molecular complexity index is 1650. The summed E-state index contributed by atoms with van der Waals surface area (Å²) in [5, 5.41) is 8.30. The van der Waals surface area contributed by atoms with Gasteiger partial charge in [-0.25, -0.2) is 8.42 Å². The third-order valence-corrected chi connectivity index (χ3v) is 12.2. The third-order valence-electron chi connectivity index (χ3n) is 10.8. The highest BCUT2D eigenvalue weighted by molar-refractivity contribution is 7.89. The number of nitrogens with one attached hydrogen (secondary N) is 4. The Hall–Kier alpha value is -3.84. The second-order valence-corrected chi connectivity index (χ2v) is 18.4. The average Bonchev–Trinajstić information content (AvgIpc) is 3.83. The maximum absolute atomic E-state index is 14.7. The Morgan fingerprint density at radius 3 is 2.19 bits per heavy atom. The van der Waals surface area contributed by atoms with Crippen molar-refractivity contribution >= 4 is 39.4 Å². The summed E-state index contributed by atoms with van der Waals surface area (Å²) in [6, 6.07) is 3.54. The first-order valence-electron chi connectivity index (χ1n) is 18.9. The van der Waals surface area contributed by atoms with Gasteiger partial charge in [-0.2, -0.15) is 4.72 Å². The van der Waals surface area contributed by atoms with Gasteiger partial charge in [-0.3, -0.25) is 24.0 Å². The summed E-state index contributed by atoms with van der Waals surface area (Å²) in [6.07, 6.45) is 9.91. The maximum atomic E-state index is 14.7. The van der Waals surface area contributed by atoms with Crippen LogP contribution in [0.3, 0.4) is 0 Å². The lowest BCUT2D eigenvalue weighted by Gasteiger charge is -2.42. The van der Waals surface area contributed by atoms with Gasteiger partial charge in [-0.05, 0) is 68.4 Å². The minimum absolute atomic E-state index is 0.0357. The highest BCUT2D eigenvalue weighted by Gasteiger charge is 2.49. The van der Waals surface area contributed by atoms with Gasteiger partial charge in [-0.15, -0.1) is 6.58 Å². The number of amides is 4. The Balaban J connectivity index is 1.64. The van der Waals surface area contributed by atoms with Crippen LogP contribution in [-0.4, -0.2) is 80.0 Å². The van der Waals surface area contributed by atoms with Crippen molar-refractivity contribution in [1.82, 2.24) is 25.6 Å². The number of allylic oxidation sites excluding steroid dienone is 1. The Labute approximate surface area is 315 Å². The molecule has 2 saturated carbocycles. The van der Waals surface area contributed by atoms with Crippen molar-refractivity contribution in [3.63, 3.8) is 0 Å². The highest BCUT2D eigenvalue weighted by atomic mass is 32.2. The molecule has 0 bridgehead atoms. The fourth-order valence-electron chi connectivity index (χ4n) is 7.61. The Morgan fingerprint density at radius 1 is 0.981 bits per heavy atom. The SMILES string of the molecule is C=CCNC(=O)C(=O)C(CC1CC1)NC(=O)[C@@H]1[C@@H](C=C(C)C)CCN1C(=O)[C@@H](NC(=O)[C@@H](NS(=O)(=O)c1ccccc1)C1(C)CCCCC1)C(C)(C)C. The lowest BCUT2D eigenvalue weighted by Crippen LogP contribution is -2.63. The largest absolute Gasteiger partial charge is 0.346 e. The molecule has 4 amide bonds. The monoisotopic (exact) mass is 753 g/mol. The van der Waals surface area contributed by atoms with Gasteiger partial charge < -0.3 is 20.9 Å². The molecule has 2 aliphatic carbocycles.